The molecule has 160 valence electrons. The van der Waals surface area contributed by atoms with Gasteiger partial charge in [0.05, 0.1) is 19.0 Å². The van der Waals surface area contributed by atoms with Crippen LogP contribution < -0.4 is 10.2 Å². The molecule has 0 aromatic carbocycles. The molecule has 3 aliphatic rings. The van der Waals surface area contributed by atoms with Gasteiger partial charge < -0.3 is 24.6 Å². The number of piperidine rings is 1. The second kappa shape index (κ2) is 9.78. The van der Waals surface area contributed by atoms with Crippen LogP contribution in [0.15, 0.2) is 11.2 Å². The van der Waals surface area contributed by atoms with Crippen LogP contribution in [0, 0.1) is 0 Å². The van der Waals surface area contributed by atoms with E-state index >= 15 is 0 Å². The van der Waals surface area contributed by atoms with E-state index in [9.17, 15) is 4.79 Å². The van der Waals surface area contributed by atoms with Gasteiger partial charge in [-0.1, -0.05) is 23.4 Å². The lowest BCUT2D eigenvalue weighted by molar-refractivity contribution is -0.169. The van der Waals surface area contributed by atoms with Crippen molar-refractivity contribution >= 4 is 35.1 Å². The highest BCUT2D eigenvalue weighted by atomic mass is 35.5. The van der Waals surface area contributed by atoms with Crippen molar-refractivity contribution in [3.8, 4) is 0 Å². The van der Waals surface area contributed by atoms with Gasteiger partial charge in [-0.2, -0.15) is 0 Å². The molecule has 0 bridgehead atoms. The lowest BCUT2D eigenvalue weighted by atomic mass is 10.0. The van der Waals surface area contributed by atoms with Gasteiger partial charge in [-0.3, -0.25) is 4.79 Å². The minimum Gasteiger partial charge on any atom is -0.356 e. The van der Waals surface area contributed by atoms with E-state index in [1.54, 1.807) is 6.07 Å². The number of carbonyl (C=O) groups excluding carboxylic acids is 1. The van der Waals surface area contributed by atoms with E-state index in [-0.39, 0.29) is 11.7 Å². The predicted octanol–water partition coefficient (Wildman–Crippen LogP) is 1.78. The Morgan fingerprint density at radius 2 is 1.90 bits per heavy atom. The molecular weight excluding hydrogens is 414 g/mol. The van der Waals surface area contributed by atoms with E-state index in [4.69, 9.17) is 21.1 Å². The average Bonchev–Trinajstić information content (AvgIpc) is 3.39. The SMILES string of the molecule is O=C(CSc1nc(Cl)cc(N2CCC3(CC2)OCCO3)n1)NCCN1CCCC1. The van der Waals surface area contributed by atoms with Crippen molar-refractivity contribution in [2.75, 3.05) is 63.1 Å². The number of hydrogen-bond acceptors (Lipinski definition) is 8. The summed E-state index contributed by atoms with van der Waals surface area (Å²) >= 11 is 7.53. The third-order valence-corrected chi connectivity index (χ3v) is 6.65. The van der Waals surface area contributed by atoms with Crippen LogP contribution in [-0.2, 0) is 14.3 Å². The number of carbonyl (C=O) groups is 1. The molecule has 8 nitrogen and oxygen atoms in total. The van der Waals surface area contributed by atoms with Gasteiger partial charge in [0.1, 0.15) is 11.0 Å². The van der Waals surface area contributed by atoms with Gasteiger partial charge in [-0.25, -0.2) is 9.97 Å². The fourth-order valence-corrected chi connectivity index (χ4v) is 4.93. The van der Waals surface area contributed by atoms with Crippen LogP contribution in [0.3, 0.4) is 0 Å². The van der Waals surface area contributed by atoms with Gasteiger partial charge in [0.15, 0.2) is 10.9 Å². The molecule has 1 spiro atoms. The summed E-state index contributed by atoms with van der Waals surface area (Å²) in [6.45, 7) is 6.78. The molecule has 3 fully saturated rings. The van der Waals surface area contributed by atoms with E-state index in [1.807, 2.05) is 0 Å². The number of hydrogen-bond donors (Lipinski definition) is 1. The summed E-state index contributed by atoms with van der Waals surface area (Å²) < 4.78 is 11.6. The van der Waals surface area contributed by atoms with Crippen LogP contribution in [0.5, 0.6) is 0 Å². The van der Waals surface area contributed by atoms with Gasteiger partial charge in [-0.15, -0.1) is 0 Å². The molecular formula is C19H28ClN5O3S. The average molecular weight is 442 g/mol. The highest BCUT2D eigenvalue weighted by molar-refractivity contribution is 7.99. The molecule has 3 saturated heterocycles. The molecule has 1 N–H and O–H groups in total. The lowest BCUT2D eigenvalue weighted by Gasteiger charge is -2.38. The van der Waals surface area contributed by atoms with Gasteiger partial charge in [0.2, 0.25) is 5.91 Å². The number of aromatic nitrogens is 2. The van der Waals surface area contributed by atoms with E-state index in [2.05, 4.69) is 25.1 Å². The lowest BCUT2D eigenvalue weighted by Crippen LogP contribution is -2.45. The first-order chi connectivity index (χ1) is 14.1. The van der Waals surface area contributed by atoms with Crippen molar-refractivity contribution in [1.82, 2.24) is 20.2 Å². The van der Waals surface area contributed by atoms with Crippen molar-refractivity contribution in [2.45, 2.75) is 36.6 Å². The van der Waals surface area contributed by atoms with Crippen LogP contribution in [0.1, 0.15) is 25.7 Å². The van der Waals surface area contributed by atoms with Crippen molar-refractivity contribution in [3.63, 3.8) is 0 Å². The number of rotatable bonds is 7. The highest BCUT2D eigenvalue weighted by Crippen LogP contribution is 2.33. The maximum atomic E-state index is 12.1. The van der Waals surface area contributed by atoms with Crippen molar-refractivity contribution in [3.05, 3.63) is 11.2 Å². The standard InChI is InChI=1S/C19H28ClN5O3S/c20-15-13-16(25-8-3-19(4-9-25)27-11-12-28-19)23-18(22-15)29-14-17(26)21-5-10-24-6-1-2-7-24/h13H,1-12,14H2,(H,21,26). The molecule has 4 rings (SSSR count). The van der Waals surface area contributed by atoms with Crippen LogP contribution >= 0.6 is 23.4 Å². The molecule has 1 aromatic heterocycles. The van der Waals surface area contributed by atoms with Gasteiger partial charge in [-0.05, 0) is 25.9 Å². The monoisotopic (exact) mass is 441 g/mol. The molecule has 0 radical (unpaired) electrons. The van der Waals surface area contributed by atoms with E-state index in [0.29, 0.717) is 30.1 Å². The quantitative estimate of drug-likeness (QED) is 0.389. The van der Waals surface area contributed by atoms with E-state index < -0.39 is 5.79 Å². The molecule has 0 atom stereocenters. The molecule has 10 heteroatoms. The zero-order valence-corrected chi connectivity index (χ0v) is 18.1. The summed E-state index contributed by atoms with van der Waals surface area (Å²) in [6, 6.07) is 1.77. The fraction of sp³-hybridized carbons (Fsp3) is 0.737. The van der Waals surface area contributed by atoms with Gasteiger partial charge in [0.25, 0.3) is 0 Å². The zero-order valence-electron chi connectivity index (χ0n) is 16.6. The maximum Gasteiger partial charge on any atom is 0.230 e. The highest BCUT2D eigenvalue weighted by Gasteiger charge is 2.40. The van der Waals surface area contributed by atoms with Crippen molar-refractivity contribution < 1.29 is 14.3 Å². The fourth-order valence-electron chi connectivity index (χ4n) is 4.01. The summed E-state index contributed by atoms with van der Waals surface area (Å²) in [4.78, 5) is 25.6. The molecule has 3 aliphatic heterocycles. The normalized spacial score (nSPS) is 21.8. The summed E-state index contributed by atoms with van der Waals surface area (Å²) in [6.07, 6.45) is 4.12. The Hall–Kier alpha value is -1.13. The first-order valence-electron chi connectivity index (χ1n) is 10.3. The smallest absolute Gasteiger partial charge is 0.230 e. The summed E-state index contributed by atoms with van der Waals surface area (Å²) in [5.41, 5.74) is 0. The number of likely N-dealkylation sites (tertiary alicyclic amines) is 1. The van der Waals surface area contributed by atoms with E-state index in [0.717, 1.165) is 51.4 Å². The van der Waals surface area contributed by atoms with Crippen LogP contribution in [0.4, 0.5) is 5.82 Å². The third kappa shape index (κ3) is 5.73. The largest absolute Gasteiger partial charge is 0.356 e. The van der Waals surface area contributed by atoms with Gasteiger partial charge >= 0.3 is 0 Å². The Labute approximate surface area is 180 Å². The third-order valence-electron chi connectivity index (χ3n) is 5.60. The van der Waals surface area contributed by atoms with E-state index in [1.165, 1.54) is 24.6 Å². The van der Waals surface area contributed by atoms with Crippen molar-refractivity contribution in [1.29, 1.82) is 0 Å². The second-order valence-electron chi connectivity index (χ2n) is 7.61. The molecule has 0 aliphatic carbocycles. The van der Waals surface area contributed by atoms with Crippen LogP contribution in [0.2, 0.25) is 5.15 Å². The molecule has 1 aromatic rings. The first kappa shape index (κ1) is 21.1. The minimum atomic E-state index is -0.419. The summed E-state index contributed by atoms with van der Waals surface area (Å²) in [7, 11) is 0. The molecule has 4 heterocycles. The number of amides is 1. The number of halogens is 1. The Bertz CT molecular complexity index is 703. The Balaban J connectivity index is 1.25. The number of nitrogens with one attached hydrogen (secondary N) is 1. The second-order valence-corrected chi connectivity index (χ2v) is 8.94. The molecule has 0 unspecified atom stereocenters. The molecule has 0 saturated carbocycles. The number of ether oxygens (including phenoxy) is 2. The topological polar surface area (TPSA) is 79.8 Å². The number of nitrogens with zero attached hydrogens (tertiary/aromatic N) is 4. The first-order valence-corrected chi connectivity index (χ1v) is 11.7. The zero-order chi connectivity index (χ0) is 20.1. The Morgan fingerprint density at radius 3 is 2.62 bits per heavy atom. The molecule has 29 heavy (non-hydrogen) atoms. The summed E-state index contributed by atoms with van der Waals surface area (Å²) in [5.74, 6) is 0.646. The van der Waals surface area contributed by atoms with Gasteiger partial charge in [0, 0.05) is 45.1 Å². The van der Waals surface area contributed by atoms with Crippen molar-refractivity contribution in [2.24, 2.45) is 0 Å². The Morgan fingerprint density at radius 1 is 1.17 bits per heavy atom. The van der Waals surface area contributed by atoms with Crippen LogP contribution in [0.25, 0.3) is 0 Å². The predicted molar refractivity (Wildman–Crippen MR) is 113 cm³/mol. The summed E-state index contributed by atoms with van der Waals surface area (Å²) in [5, 5.41) is 3.89. The Kier molecular flexibility index (Phi) is 7.12. The minimum absolute atomic E-state index is 0.00484. The number of anilines is 1. The number of thioether (sulfide) groups is 1. The molecule has 1 amide bonds. The van der Waals surface area contributed by atoms with Crippen LogP contribution in [-0.4, -0.2) is 84.8 Å². The maximum absolute atomic E-state index is 12.1.